The molecular weight excluding hydrogens is 534 g/mol. The third-order valence-electron chi connectivity index (χ3n) is 7.33. The van der Waals surface area contributed by atoms with E-state index in [4.69, 9.17) is 9.47 Å². The second-order valence-corrected chi connectivity index (χ2v) is 10.5. The van der Waals surface area contributed by atoms with E-state index in [1.165, 1.54) is 12.1 Å². The van der Waals surface area contributed by atoms with Crippen molar-refractivity contribution >= 4 is 0 Å². The van der Waals surface area contributed by atoms with E-state index in [1.54, 1.807) is 6.92 Å². The number of hydrogen-bond acceptors (Lipinski definition) is 4. The SMILES string of the molecule is CCCCCOCCCCCC1CCc2cc(-c3ccc(OCC(F)C(F)CCC)c(F)n3)nc(F)c2C1(F)F. The van der Waals surface area contributed by atoms with Gasteiger partial charge in [0.25, 0.3) is 11.9 Å². The van der Waals surface area contributed by atoms with Crippen molar-refractivity contribution in [3.63, 3.8) is 0 Å². The fourth-order valence-electron chi connectivity index (χ4n) is 5.01. The molecule has 3 unspecified atom stereocenters. The van der Waals surface area contributed by atoms with E-state index in [0.29, 0.717) is 19.4 Å². The number of unbranched alkanes of at least 4 members (excludes halogenated alkanes) is 4. The van der Waals surface area contributed by atoms with Crippen LogP contribution in [0.3, 0.4) is 0 Å². The molecule has 0 aliphatic heterocycles. The van der Waals surface area contributed by atoms with Gasteiger partial charge in [-0.15, -0.1) is 0 Å². The van der Waals surface area contributed by atoms with Crippen LogP contribution in [0.25, 0.3) is 11.4 Å². The van der Waals surface area contributed by atoms with E-state index in [0.717, 1.165) is 44.8 Å². The summed E-state index contributed by atoms with van der Waals surface area (Å²) in [6, 6.07) is 3.74. The molecule has 2 aromatic heterocycles. The van der Waals surface area contributed by atoms with Crippen LogP contribution in [-0.2, 0) is 17.1 Å². The monoisotopic (exact) mass is 574 g/mol. The normalized spacial score (nSPS) is 17.9. The molecule has 0 saturated carbocycles. The summed E-state index contributed by atoms with van der Waals surface area (Å²) in [5.74, 6) is -7.17. The molecule has 3 rings (SSSR count). The molecule has 0 spiro atoms. The quantitative estimate of drug-likeness (QED) is 0.108. The highest BCUT2D eigenvalue weighted by atomic mass is 19.3. The molecule has 3 atom stereocenters. The first kappa shape index (κ1) is 32.2. The van der Waals surface area contributed by atoms with Crippen LogP contribution in [0.4, 0.5) is 26.3 Å². The second kappa shape index (κ2) is 15.6. The minimum Gasteiger partial charge on any atom is -0.486 e. The number of nitrogens with zero attached hydrogens (tertiary/aromatic N) is 2. The zero-order valence-corrected chi connectivity index (χ0v) is 23.3. The lowest BCUT2D eigenvalue weighted by atomic mass is 9.78. The van der Waals surface area contributed by atoms with Gasteiger partial charge in [0.1, 0.15) is 12.8 Å². The lowest BCUT2D eigenvalue weighted by molar-refractivity contribution is -0.0825. The van der Waals surface area contributed by atoms with Crippen molar-refractivity contribution in [2.45, 2.75) is 103 Å². The Kier molecular flexibility index (Phi) is 12.5. The van der Waals surface area contributed by atoms with Gasteiger partial charge >= 0.3 is 0 Å². The van der Waals surface area contributed by atoms with Gasteiger partial charge in [-0.25, -0.2) is 27.5 Å². The number of rotatable bonds is 17. The highest BCUT2D eigenvalue weighted by Crippen LogP contribution is 2.47. The van der Waals surface area contributed by atoms with E-state index in [2.05, 4.69) is 16.9 Å². The Morgan fingerprint density at radius 3 is 2.33 bits per heavy atom. The van der Waals surface area contributed by atoms with Crippen LogP contribution >= 0.6 is 0 Å². The van der Waals surface area contributed by atoms with E-state index in [1.807, 2.05) is 0 Å². The summed E-state index contributed by atoms with van der Waals surface area (Å²) in [6.07, 6.45) is 3.01. The second-order valence-electron chi connectivity index (χ2n) is 10.5. The number of ether oxygens (including phenoxy) is 2. The molecule has 2 heterocycles. The van der Waals surface area contributed by atoms with E-state index >= 15 is 8.78 Å². The predicted octanol–water partition coefficient (Wildman–Crippen LogP) is 8.70. The van der Waals surface area contributed by atoms with E-state index < -0.39 is 54.0 Å². The Morgan fingerprint density at radius 1 is 0.900 bits per heavy atom. The van der Waals surface area contributed by atoms with Gasteiger partial charge in [-0.3, -0.25) is 0 Å². The third kappa shape index (κ3) is 8.57. The summed E-state index contributed by atoms with van der Waals surface area (Å²) >= 11 is 0. The van der Waals surface area contributed by atoms with Crippen molar-refractivity contribution < 1.29 is 35.8 Å². The summed E-state index contributed by atoms with van der Waals surface area (Å²) in [5, 5.41) is 0. The Balaban J connectivity index is 1.60. The summed E-state index contributed by atoms with van der Waals surface area (Å²) in [7, 11) is 0. The lowest BCUT2D eigenvalue weighted by Gasteiger charge is -2.33. The van der Waals surface area contributed by atoms with Crippen molar-refractivity contribution in [3.8, 4) is 17.1 Å². The first-order chi connectivity index (χ1) is 19.2. The molecule has 0 radical (unpaired) electrons. The maximum atomic E-state index is 15.3. The van der Waals surface area contributed by atoms with Gasteiger partial charge in [0, 0.05) is 19.1 Å². The van der Waals surface area contributed by atoms with E-state index in [-0.39, 0.29) is 42.6 Å². The molecule has 0 amide bonds. The first-order valence-corrected chi connectivity index (χ1v) is 14.4. The third-order valence-corrected chi connectivity index (χ3v) is 7.33. The zero-order valence-electron chi connectivity index (χ0n) is 23.3. The van der Waals surface area contributed by atoms with Crippen molar-refractivity contribution in [1.29, 1.82) is 0 Å². The zero-order chi connectivity index (χ0) is 29.1. The summed E-state index contributed by atoms with van der Waals surface area (Å²) in [5.41, 5.74) is -0.754. The minimum atomic E-state index is -3.37. The number of alkyl halides is 4. The van der Waals surface area contributed by atoms with Crippen molar-refractivity contribution in [1.82, 2.24) is 9.97 Å². The summed E-state index contributed by atoms with van der Waals surface area (Å²) < 4.78 is 98.2. The molecule has 10 heteroatoms. The van der Waals surface area contributed by atoms with Gasteiger partial charge in [0.2, 0.25) is 5.95 Å². The number of pyridine rings is 2. The fraction of sp³-hybridized carbons (Fsp3) is 0.667. The van der Waals surface area contributed by atoms with Crippen LogP contribution in [0.15, 0.2) is 18.2 Å². The maximum absolute atomic E-state index is 15.3. The van der Waals surface area contributed by atoms with Gasteiger partial charge in [-0.1, -0.05) is 46.0 Å². The highest BCUT2D eigenvalue weighted by molar-refractivity contribution is 5.57. The molecule has 0 aromatic carbocycles. The molecule has 1 aliphatic carbocycles. The smallest absolute Gasteiger partial charge is 0.280 e. The fourth-order valence-corrected chi connectivity index (χ4v) is 5.01. The topological polar surface area (TPSA) is 44.2 Å². The van der Waals surface area contributed by atoms with Crippen LogP contribution in [0, 0.1) is 17.8 Å². The van der Waals surface area contributed by atoms with Crippen LogP contribution in [-0.4, -0.2) is 42.1 Å². The number of halogens is 6. The molecule has 4 nitrogen and oxygen atoms in total. The molecule has 0 bridgehead atoms. The van der Waals surface area contributed by atoms with Crippen LogP contribution < -0.4 is 4.74 Å². The molecule has 0 fully saturated rings. The summed E-state index contributed by atoms with van der Waals surface area (Å²) in [6.45, 7) is 4.49. The number of hydrogen-bond donors (Lipinski definition) is 0. The number of aryl methyl sites for hydroxylation is 1. The molecule has 2 aromatic rings. The Morgan fingerprint density at radius 2 is 1.62 bits per heavy atom. The molecule has 1 aliphatic rings. The van der Waals surface area contributed by atoms with Gasteiger partial charge in [0.15, 0.2) is 11.9 Å². The van der Waals surface area contributed by atoms with Gasteiger partial charge in [0.05, 0.1) is 17.0 Å². The maximum Gasteiger partial charge on any atom is 0.280 e. The molecular formula is C30H40F6N2O2. The minimum absolute atomic E-state index is 0.0221. The van der Waals surface area contributed by atoms with Crippen molar-refractivity contribution in [2.75, 3.05) is 19.8 Å². The van der Waals surface area contributed by atoms with Crippen LogP contribution in [0.1, 0.15) is 89.2 Å². The number of fused-ring (bicyclic) bond motifs is 1. The highest BCUT2D eigenvalue weighted by Gasteiger charge is 2.47. The van der Waals surface area contributed by atoms with Crippen LogP contribution in [0.5, 0.6) is 5.75 Å². The Labute approximate surface area is 232 Å². The van der Waals surface area contributed by atoms with Gasteiger partial charge in [-0.2, -0.15) is 8.78 Å². The average Bonchev–Trinajstić information content (AvgIpc) is 2.91. The Hall–Kier alpha value is -2.36. The van der Waals surface area contributed by atoms with Crippen molar-refractivity contribution in [2.24, 2.45) is 5.92 Å². The van der Waals surface area contributed by atoms with E-state index in [9.17, 15) is 17.6 Å². The molecule has 40 heavy (non-hydrogen) atoms. The number of aromatic nitrogens is 2. The average molecular weight is 575 g/mol. The lowest BCUT2D eigenvalue weighted by Crippen LogP contribution is -2.33. The molecule has 0 saturated heterocycles. The summed E-state index contributed by atoms with van der Waals surface area (Å²) in [4.78, 5) is 7.38. The molecule has 0 N–H and O–H groups in total. The largest absolute Gasteiger partial charge is 0.486 e. The van der Waals surface area contributed by atoms with Gasteiger partial charge in [-0.05, 0) is 62.3 Å². The van der Waals surface area contributed by atoms with Crippen molar-refractivity contribution in [3.05, 3.63) is 41.2 Å². The standard InChI is InChI=1S/C30H40F6N2O2/c1-3-5-8-16-39-17-9-6-7-11-21-13-12-20-18-25(38-29(34)27(20)30(21,35)36)24-14-15-26(28(33)37-24)40-19-23(32)22(31)10-4-2/h14-15,18,21-23H,3-13,16-17,19H2,1-2H3. The van der Waals surface area contributed by atoms with Crippen LogP contribution in [0.2, 0.25) is 0 Å². The first-order valence-electron chi connectivity index (χ1n) is 14.4. The van der Waals surface area contributed by atoms with Gasteiger partial charge < -0.3 is 9.47 Å². The Bertz CT molecular complexity index is 1070. The predicted molar refractivity (Wildman–Crippen MR) is 142 cm³/mol. The molecule has 224 valence electrons.